The maximum atomic E-state index is 14.0. The molecule has 0 aliphatic rings. The largest absolute Gasteiger partial charge is 0.475 e. The number of benzene rings is 1. The highest BCUT2D eigenvalue weighted by atomic mass is 19.1. The molecule has 2 heterocycles. The molecule has 6 nitrogen and oxygen atoms in total. The second kappa shape index (κ2) is 4.48. The van der Waals surface area contributed by atoms with Crippen molar-refractivity contribution in [1.29, 1.82) is 0 Å². The summed E-state index contributed by atoms with van der Waals surface area (Å²) in [4.78, 5) is 23.3. The van der Waals surface area contributed by atoms with Crippen LogP contribution in [0.5, 0.6) is 0 Å². The number of nitrogens with two attached hydrogens (primary N) is 1. The molecule has 0 radical (unpaired) electrons. The maximum Gasteiger partial charge on any atom is 0.374 e. The van der Waals surface area contributed by atoms with Crippen LogP contribution in [-0.4, -0.2) is 16.9 Å². The standard InChI is InChI=1S/C14H8FNO5/c15-6-3-4-7-10(11(16)13(21-7)14(18)19)9(6)12(17)8-2-1-5-20-8/h1-5H,16H2,(H,18,19). The van der Waals surface area contributed by atoms with Crippen molar-refractivity contribution in [1.82, 2.24) is 0 Å². The molecule has 3 N–H and O–H groups in total. The Labute approximate surface area is 116 Å². The lowest BCUT2D eigenvalue weighted by Gasteiger charge is -2.02. The number of anilines is 1. The molecule has 7 heteroatoms. The Morgan fingerprint density at radius 1 is 1.24 bits per heavy atom. The summed E-state index contributed by atoms with van der Waals surface area (Å²) >= 11 is 0. The SMILES string of the molecule is Nc1c(C(=O)O)oc2ccc(F)c(C(=O)c3ccco3)c12. The van der Waals surface area contributed by atoms with Crippen molar-refractivity contribution < 1.29 is 27.9 Å². The smallest absolute Gasteiger partial charge is 0.374 e. The Hall–Kier alpha value is -3.09. The predicted octanol–water partition coefficient (Wildman–Crippen LogP) is 2.68. The summed E-state index contributed by atoms with van der Waals surface area (Å²) in [5, 5.41) is 8.90. The van der Waals surface area contributed by atoms with Crippen molar-refractivity contribution in [3.8, 4) is 0 Å². The van der Waals surface area contributed by atoms with E-state index < -0.39 is 23.3 Å². The van der Waals surface area contributed by atoms with Crippen LogP contribution in [0.1, 0.15) is 26.7 Å². The maximum absolute atomic E-state index is 14.0. The molecule has 0 saturated carbocycles. The molecule has 3 rings (SSSR count). The van der Waals surface area contributed by atoms with Crippen molar-refractivity contribution in [3.05, 3.63) is 53.4 Å². The first kappa shape index (κ1) is 12.9. The molecule has 3 aromatic rings. The summed E-state index contributed by atoms with van der Waals surface area (Å²) in [6.07, 6.45) is 1.27. The van der Waals surface area contributed by atoms with E-state index in [4.69, 9.17) is 19.7 Å². The molecule has 106 valence electrons. The normalized spacial score (nSPS) is 10.9. The minimum Gasteiger partial charge on any atom is -0.475 e. The summed E-state index contributed by atoms with van der Waals surface area (Å²) in [6.45, 7) is 0. The number of fused-ring (bicyclic) bond motifs is 1. The van der Waals surface area contributed by atoms with Crippen molar-refractivity contribution in [2.45, 2.75) is 0 Å². The highest BCUT2D eigenvalue weighted by molar-refractivity contribution is 6.19. The lowest BCUT2D eigenvalue weighted by Crippen LogP contribution is -2.05. The molecule has 0 spiro atoms. The zero-order chi connectivity index (χ0) is 15.1. The van der Waals surface area contributed by atoms with Crippen molar-refractivity contribution in [2.24, 2.45) is 0 Å². The fourth-order valence-corrected chi connectivity index (χ4v) is 2.10. The molecule has 21 heavy (non-hydrogen) atoms. The van der Waals surface area contributed by atoms with E-state index >= 15 is 0 Å². The Bertz CT molecular complexity index is 863. The lowest BCUT2D eigenvalue weighted by atomic mass is 10.0. The van der Waals surface area contributed by atoms with Gasteiger partial charge in [0, 0.05) is 0 Å². The summed E-state index contributed by atoms with van der Waals surface area (Å²) in [5.74, 6) is -3.61. The number of hydrogen-bond acceptors (Lipinski definition) is 5. The van der Waals surface area contributed by atoms with Crippen LogP contribution >= 0.6 is 0 Å². The Morgan fingerprint density at radius 2 is 2.00 bits per heavy atom. The van der Waals surface area contributed by atoms with Gasteiger partial charge < -0.3 is 19.7 Å². The Kier molecular flexibility index (Phi) is 2.76. The van der Waals surface area contributed by atoms with Gasteiger partial charge in [0.2, 0.25) is 11.5 Å². The molecular weight excluding hydrogens is 281 g/mol. The van der Waals surface area contributed by atoms with E-state index in [1.807, 2.05) is 0 Å². The van der Waals surface area contributed by atoms with E-state index in [2.05, 4.69) is 0 Å². The minimum absolute atomic E-state index is 0.0150. The van der Waals surface area contributed by atoms with Gasteiger partial charge in [-0.05, 0) is 24.3 Å². The van der Waals surface area contributed by atoms with Crippen LogP contribution in [0.3, 0.4) is 0 Å². The van der Waals surface area contributed by atoms with Crippen LogP contribution in [-0.2, 0) is 0 Å². The molecular formula is C14H8FNO5. The van der Waals surface area contributed by atoms with E-state index in [1.165, 1.54) is 24.5 Å². The number of ketones is 1. The molecule has 0 aliphatic heterocycles. The van der Waals surface area contributed by atoms with Gasteiger partial charge in [-0.25, -0.2) is 9.18 Å². The monoisotopic (exact) mass is 289 g/mol. The number of carboxylic acid groups (broad SMARTS) is 1. The van der Waals surface area contributed by atoms with E-state index in [1.54, 1.807) is 0 Å². The fraction of sp³-hybridized carbons (Fsp3) is 0. The Balaban J connectivity index is 2.33. The average molecular weight is 289 g/mol. The van der Waals surface area contributed by atoms with E-state index in [9.17, 15) is 14.0 Å². The molecule has 2 aromatic heterocycles. The van der Waals surface area contributed by atoms with Crippen molar-refractivity contribution in [3.63, 3.8) is 0 Å². The van der Waals surface area contributed by atoms with Crippen LogP contribution in [0.15, 0.2) is 39.4 Å². The summed E-state index contributed by atoms with van der Waals surface area (Å²) in [6, 6.07) is 5.07. The first-order chi connectivity index (χ1) is 10.0. The number of carbonyl (C=O) groups is 2. The average Bonchev–Trinajstić information content (AvgIpc) is 3.07. The number of halogens is 1. The van der Waals surface area contributed by atoms with Gasteiger partial charge in [-0.1, -0.05) is 0 Å². The van der Waals surface area contributed by atoms with Crippen molar-refractivity contribution >= 4 is 28.4 Å². The van der Waals surface area contributed by atoms with E-state index in [-0.39, 0.29) is 28.0 Å². The number of hydrogen-bond donors (Lipinski definition) is 2. The zero-order valence-corrected chi connectivity index (χ0v) is 10.4. The number of carbonyl (C=O) groups excluding carboxylic acids is 1. The number of furan rings is 2. The number of carboxylic acids is 1. The van der Waals surface area contributed by atoms with Gasteiger partial charge in [-0.2, -0.15) is 0 Å². The van der Waals surface area contributed by atoms with Gasteiger partial charge in [0.05, 0.1) is 22.9 Å². The topological polar surface area (TPSA) is 107 Å². The van der Waals surface area contributed by atoms with Crippen LogP contribution in [0, 0.1) is 5.82 Å². The summed E-state index contributed by atoms with van der Waals surface area (Å²) < 4.78 is 24.0. The Morgan fingerprint density at radius 3 is 2.62 bits per heavy atom. The van der Waals surface area contributed by atoms with Gasteiger partial charge >= 0.3 is 5.97 Å². The molecule has 0 aliphatic carbocycles. The van der Waals surface area contributed by atoms with Gasteiger partial charge in [0.15, 0.2) is 5.76 Å². The second-order valence-electron chi connectivity index (χ2n) is 4.25. The number of rotatable bonds is 3. The molecule has 0 bridgehead atoms. The third-order valence-corrected chi connectivity index (χ3v) is 3.01. The third kappa shape index (κ3) is 1.86. The fourth-order valence-electron chi connectivity index (χ4n) is 2.10. The predicted molar refractivity (Wildman–Crippen MR) is 69.7 cm³/mol. The number of aromatic carboxylic acids is 1. The molecule has 0 fully saturated rings. The lowest BCUT2D eigenvalue weighted by molar-refractivity contribution is 0.0666. The van der Waals surface area contributed by atoms with Crippen LogP contribution in [0.2, 0.25) is 0 Å². The molecule has 0 saturated heterocycles. The zero-order valence-electron chi connectivity index (χ0n) is 10.4. The van der Waals surface area contributed by atoms with E-state index in [0.29, 0.717) is 0 Å². The quantitative estimate of drug-likeness (QED) is 0.718. The first-order valence-corrected chi connectivity index (χ1v) is 5.82. The molecule has 0 amide bonds. The highest BCUT2D eigenvalue weighted by Gasteiger charge is 2.26. The van der Waals surface area contributed by atoms with Gasteiger partial charge in [-0.3, -0.25) is 4.79 Å². The highest BCUT2D eigenvalue weighted by Crippen LogP contribution is 2.34. The second-order valence-corrected chi connectivity index (χ2v) is 4.25. The summed E-state index contributed by atoms with van der Waals surface area (Å²) in [5.41, 5.74) is 5.01. The molecule has 1 aromatic carbocycles. The van der Waals surface area contributed by atoms with Crippen LogP contribution in [0.25, 0.3) is 11.0 Å². The first-order valence-electron chi connectivity index (χ1n) is 5.82. The van der Waals surface area contributed by atoms with Crippen LogP contribution in [0.4, 0.5) is 10.1 Å². The van der Waals surface area contributed by atoms with Crippen LogP contribution < -0.4 is 5.73 Å². The van der Waals surface area contributed by atoms with Gasteiger partial charge in [0.25, 0.3) is 0 Å². The van der Waals surface area contributed by atoms with Gasteiger partial charge in [0.1, 0.15) is 11.4 Å². The van der Waals surface area contributed by atoms with Crippen molar-refractivity contribution in [2.75, 3.05) is 5.73 Å². The van der Waals surface area contributed by atoms with Gasteiger partial charge in [-0.15, -0.1) is 0 Å². The molecule has 0 unspecified atom stereocenters. The molecule has 0 atom stereocenters. The van der Waals surface area contributed by atoms with E-state index in [0.717, 1.165) is 6.07 Å². The number of nitrogen functional groups attached to an aromatic ring is 1. The third-order valence-electron chi connectivity index (χ3n) is 3.01. The minimum atomic E-state index is -1.40. The summed E-state index contributed by atoms with van der Waals surface area (Å²) in [7, 11) is 0.